The van der Waals surface area contributed by atoms with Crippen LogP contribution in [0.25, 0.3) is 0 Å². The summed E-state index contributed by atoms with van der Waals surface area (Å²) in [6.45, 7) is 2.36. The number of pyridine rings is 1. The topological polar surface area (TPSA) is 62.5 Å². The summed E-state index contributed by atoms with van der Waals surface area (Å²) in [6.07, 6.45) is 1.83. The Hall–Kier alpha value is -2.27. The molecule has 1 aromatic carbocycles. The number of benzene rings is 1. The molecule has 1 saturated heterocycles. The minimum absolute atomic E-state index is 0.0166. The highest BCUT2D eigenvalue weighted by molar-refractivity contribution is 6.30. The summed E-state index contributed by atoms with van der Waals surface area (Å²) in [5.74, 6) is -0.176. The van der Waals surface area contributed by atoms with E-state index in [4.69, 9.17) is 11.6 Å². The quantitative estimate of drug-likeness (QED) is 0.929. The van der Waals surface area contributed by atoms with Gasteiger partial charge in [-0.3, -0.25) is 9.59 Å². The highest BCUT2D eigenvalue weighted by Crippen LogP contribution is 2.32. The van der Waals surface area contributed by atoms with Gasteiger partial charge in [0.1, 0.15) is 12.3 Å². The van der Waals surface area contributed by atoms with Gasteiger partial charge in [-0.15, -0.1) is 0 Å². The summed E-state index contributed by atoms with van der Waals surface area (Å²) in [7, 11) is 0. The van der Waals surface area contributed by atoms with Crippen LogP contribution in [0.1, 0.15) is 30.1 Å². The van der Waals surface area contributed by atoms with Crippen LogP contribution in [-0.4, -0.2) is 27.0 Å². The maximum Gasteiger partial charge on any atom is 0.254 e. The van der Waals surface area contributed by atoms with Gasteiger partial charge in [-0.1, -0.05) is 23.7 Å². The molecule has 5 nitrogen and oxygen atoms in total. The molecule has 1 unspecified atom stereocenters. The first-order valence-corrected chi connectivity index (χ1v) is 8.29. The van der Waals surface area contributed by atoms with E-state index in [1.165, 1.54) is 10.6 Å². The van der Waals surface area contributed by atoms with Gasteiger partial charge in [0.2, 0.25) is 5.91 Å². The standard InChI is InChI=1S/C18H19ClN2O3/c1-12-9-15(22)10-17(23)21(12)11-18(24)20-8-2-3-16(20)13-4-6-14(19)7-5-13/h4-7,9-10,16,22H,2-3,8,11H2,1H3. The van der Waals surface area contributed by atoms with Crippen molar-refractivity contribution in [2.24, 2.45) is 0 Å². The number of aromatic hydroxyl groups is 1. The van der Waals surface area contributed by atoms with Gasteiger partial charge < -0.3 is 14.6 Å². The van der Waals surface area contributed by atoms with E-state index in [9.17, 15) is 14.7 Å². The number of aryl methyl sites for hydroxylation is 1. The van der Waals surface area contributed by atoms with Crippen LogP contribution in [0.3, 0.4) is 0 Å². The molecule has 6 heteroatoms. The van der Waals surface area contributed by atoms with Gasteiger partial charge in [0.15, 0.2) is 0 Å². The monoisotopic (exact) mass is 346 g/mol. The highest BCUT2D eigenvalue weighted by atomic mass is 35.5. The van der Waals surface area contributed by atoms with Crippen molar-refractivity contribution in [2.45, 2.75) is 32.4 Å². The zero-order valence-corrected chi connectivity index (χ0v) is 14.2. The summed E-state index contributed by atoms with van der Waals surface area (Å²) >= 11 is 5.93. The Bertz CT molecular complexity index is 814. The lowest BCUT2D eigenvalue weighted by Crippen LogP contribution is -2.36. The number of amides is 1. The van der Waals surface area contributed by atoms with Crippen LogP contribution < -0.4 is 5.56 Å². The van der Waals surface area contributed by atoms with E-state index in [1.807, 2.05) is 29.2 Å². The smallest absolute Gasteiger partial charge is 0.254 e. The Kier molecular flexibility index (Phi) is 4.62. The number of aromatic nitrogens is 1. The summed E-state index contributed by atoms with van der Waals surface area (Å²) in [5.41, 5.74) is 1.25. The van der Waals surface area contributed by atoms with Gasteiger partial charge >= 0.3 is 0 Å². The molecule has 1 fully saturated rings. The van der Waals surface area contributed by atoms with E-state index in [2.05, 4.69) is 0 Å². The summed E-state index contributed by atoms with van der Waals surface area (Å²) in [6, 6.07) is 10.2. The molecule has 1 aromatic heterocycles. The predicted molar refractivity (Wildman–Crippen MR) is 92.2 cm³/mol. The average Bonchev–Trinajstić information content (AvgIpc) is 3.01. The van der Waals surface area contributed by atoms with E-state index in [1.54, 1.807) is 6.92 Å². The number of likely N-dealkylation sites (tertiary alicyclic amines) is 1. The third kappa shape index (κ3) is 3.31. The van der Waals surface area contributed by atoms with Gasteiger partial charge in [0.25, 0.3) is 5.56 Å². The number of rotatable bonds is 3. The number of hydrogen-bond donors (Lipinski definition) is 1. The molecule has 1 aliphatic heterocycles. The van der Waals surface area contributed by atoms with Crippen LogP contribution in [0, 0.1) is 6.92 Å². The molecule has 0 aliphatic carbocycles. The van der Waals surface area contributed by atoms with E-state index in [-0.39, 0.29) is 29.8 Å². The molecule has 2 heterocycles. The van der Waals surface area contributed by atoms with Crippen molar-refractivity contribution >= 4 is 17.5 Å². The van der Waals surface area contributed by atoms with E-state index < -0.39 is 0 Å². The lowest BCUT2D eigenvalue weighted by Gasteiger charge is -2.26. The Morgan fingerprint density at radius 2 is 2.00 bits per heavy atom. The zero-order chi connectivity index (χ0) is 17.3. The molecule has 0 bridgehead atoms. The fourth-order valence-corrected chi connectivity index (χ4v) is 3.36. The van der Waals surface area contributed by atoms with Crippen LogP contribution in [0.15, 0.2) is 41.2 Å². The minimum Gasteiger partial charge on any atom is -0.508 e. The van der Waals surface area contributed by atoms with Crippen molar-refractivity contribution in [2.75, 3.05) is 6.54 Å². The van der Waals surface area contributed by atoms with Gasteiger partial charge in [-0.2, -0.15) is 0 Å². The lowest BCUT2D eigenvalue weighted by atomic mass is 10.0. The maximum atomic E-state index is 12.7. The molecule has 0 saturated carbocycles. The summed E-state index contributed by atoms with van der Waals surface area (Å²) in [4.78, 5) is 26.6. The number of carbonyl (C=O) groups excluding carboxylic acids is 1. The Morgan fingerprint density at radius 3 is 2.67 bits per heavy atom. The van der Waals surface area contributed by atoms with Crippen LogP contribution in [-0.2, 0) is 11.3 Å². The van der Waals surface area contributed by atoms with Gasteiger partial charge in [-0.05, 0) is 43.5 Å². The number of halogens is 1. The van der Waals surface area contributed by atoms with E-state index in [0.717, 1.165) is 24.5 Å². The lowest BCUT2D eigenvalue weighted by molar-refractivity contribution is -0.132. The van der Waals surface area contributed by atoms with Crippen LogP contribution in [0.2, 0.25) is 5.02 Å². The van der Waals surface area contributed by atoms with Gasteiger partial charge in [0.05, 0.1) is 6.04 Å². The first-order valence-electron chi connectivity index (χ1n) is 7.91. The highest BCUT2D eigenvalue weighted by Gasteiger charge is 2.30. The number of nitrogens with zero attached hydrogens (tertiary/aromatic N) is 2. The molecule has 1 amide bonds. The molecule has 2 aromatic rings. The molecular formula is C18H19ClN2O3. The molecular weight excluding hydrogens is 328 g/mol. The van der Waals surface area contributed by atoms with Crippen molar-refractivity contribution in [3.63, 3.8) is 0 Å². The molecule has 0 radical (unpaired) electrons. The molecule has 126 valence electrons. The molecule has 24 heavy (non-hydrogen) atoms. The van der Waals surface area contributed by atoms with Gasteiger partial charge in [0, 0.05) is 23.3 Å². The predicted octanol–water partition coefficient (Wildman–Crippen LogP) is 2.88. The van der Waals surface area contributed by atoms with Crippen LogP contribution >= 0.6 is 11.6 Å². The van der Waals surface area contributed by atoms with Crippen molar-refractivity contribution < 1.29 is 9.90 Å². The Morgan fingerprint density at radius 1 is 1.29 bits per heavy atom. The Balaban J connectivity index is 1.82. The molecule has 1 N–H and O–H groups in total. The van der Waals surface area contributed by atoms with Crippen molar-refractivity contribution in [3.8, 4) is 5.75 Å². The zero-order valence-electron chi connectivity index (χ0n) is 13.4. The van der Waals surface area contributed by atoms with Crippen molar-refractivity contribution in [1.82, 2.24) is 9.47 Å². The second-order valence-corrected chi connectivity index (χ2v) is 6.51. The molecule has 1 aliphatic rings. The average molecular weight is 347 g/mol. The maximum absolute atomic E-state index is 12.7. The first-order chi connectivity index (χ1) is 11.5. The van der Waals surface area contributed by atoms with Crippen LogP contribution in [0.4, 0.5) is 0 Å². The second kappa shape index (κ2) is 6.69. The third-order valence-electron chi connectivity index (χ3n) is 4.44. The Labute approximate surface area is 145 Å². The summed E-state index contributed by atoms with van der Waals surface area (Å²) < 4.78 is 1.39. The fraction of sp³-hybridized carbons (Fsp3) is 0.333. The third-order valence-corrected chi connectivity index (χ3v) is 4.69. The van der Waals surface area contributed by atoms with Crippen molar-refractivity contribution in [1.29, 1.82) is 0 Å². The van der Waals surface area contributed by atoms with Crippen molar-refractivity contribution in [3.05, 3.63) is 63.0 Å². The fourth-order valence-electron chi connectivity index (χ4n) is 3.24. The second-order valence-electron chi connectivity index (χ2n) is 6.08. The van der Waals surface area contributed by atoms with E-state index >= 15 is 0 Å². The van der Waals surface area contributed by atoms with E-state index in [0.29, 0.717) is 17.3 Å². The largest absolute Gasteiger partial charge is 0.508 e. The number of carbonyl (C=O) groups is 1. The summed E-state index contributed by atoms with van der Waals surface area (Å²) in [5, 5.41) is 10.1. The van der Waals surface area contributed by atoms with Gasteiger partial charge in [-0.25, -0.2) is 0 Å². The molecule has 1 atom stereocenters. The molecule has 3 rings (SSSR count). The normalized spacial score (nSPS) is 17.2. The number of hydrogen-bond acceptors (Lipinski definition) is 3. The SMILES string of the molecule is Cc1cc(O)cc(=O)n1CC(=O)N1CCCC1c1ccc(Cl)cc1. The molecule has 0 spiro atoms. The minimum atomic E-state index is -0.372. The van der Waals surface area contributed by atoms with Crippen LogP contribution in [0.5, 0.6) is 5.75 Å². The first kappa shape index (κ1) is 16.6.